The quantitative estimate of drug-likeness (QED) is 0.791. The summed E-state index contributed by atoms with van der Waals surface area (Å²) in [5.41, 5.74) is 1.02. The molecule has 7 nitrogen and oxygen atoms in total. The van der Waals surface area contributed by atoms with E-state index in [1.54, 1.807) is 36.5 Å². The van der Waals surface area contributed by atoms with Crippen molar-refractivity contribution in [2.45, 2.75) is 19.4 Å². The second-order valence-corrected chi connectivity index (χ2v) is 6.67. The van der Waals surface area contributed by atoms with E-state index in [9.17, 15) is 9.59 Å². The number of para-hydroxylation sites is 2. The second kappa shape index (κ2) is 9.73. The summed E-state index contributed by atoms with van der Waals surface area (Å²) in [6.07, 6.45) is 4.72. The number of hydrogen-bond donors (Lipinski definition) is 1. The summed E-state index contributed by atoms with van der Waals surface area (Å²) in [6, 6.07) is 11.0. The van der Waals surface area contributed by atoms with Gasteiger partial charge in [-0.3, -0.25) is 14.6 Å². The number of carbonyl (C=O) groups is 2. The van der Waals surface area contributed by atoms with Gasteiger partial charge in [0.05, 0.1) is 7.11 Å². The molecule has 0 bridgehead atoms. The minimum Gasteiger partial charge on any atom is -0.493 e. The molecule has 1 N–H and O–H groups in total. The summed E-state index contributed by atoms with van der Waals surface area (Å²) in [4.78, 5) is 30.5. The SMILES string of the molecule is COc1ccccc1OCC(=O)N1CCC(C(=O)NCc2ccncc2)CC1. The molecule has 7 heteroatoms. The number of aromatic nitrogens is 1. The number of benzene rings is 1. The lowest BCUT2D eigenvalue weighted by molar-refractivity contribution is -0.137. The van der Waals surface area contributed by atoms with E-state index < -0.39 is 0 Å². The molecular weight excluding hydrogens is 358 g/mol. The van der Waals surface area contributed by atoms with Gasteiger partial charge in [-0.1, -0.05) is 12.1 Å². The molecule has 28 heavy (non-hydrogen) atoms. The van der Waals surface area contributed by atoms with Gasteiger partial charge >= 0.3 is 0 Å². The molecule has 1 aromatic carbocycles. The van der Waals surface area contributed by atoms with Crippen molar-refractivity contribution in [3.63, 3.8) is 0 Å². The maximum absolute atomic E-state index is 12.4. The fourth-order valence-corrected chi connectivity index (χ4v) is 3.19. The number of pyridine rings is 1. The molecule has 0 aliphatic carbocycles. The van der Waals surface area contributed by atoms with Crippen LogP contribution in [0.25, 0.3) is 0 Å². The highest BCUT2D eigenvalue weighted by Gasteiger charge is 2.27. The van der Waals surface area contributed by atoms with Crippen LogP contribution in [0.4, 0.5) is 0 Å². The fraction of sp³-hybridized carbons (Fsp3) is 0.381. The lowest BCUT2D eigenvalue weighted by atomic mass is 9.96. The number of carbonyl (C=O) groups excluding carboxylic acids is 2. The maximum Gasteiger partial charge on any atom is 0.260 e. The molecule has 2 heterocycles. The molecule has 1 fully saturated rings. The van der Waals surface area contributed by atoms with Crippen LogP contribution in [0.2, 0.25) is 0 Å². The summed E-state index contributed by atoms with van der Waals surface area (Å²) in [6.45, 7) is 1.56. The van der Waals surface area contributed by atoms with Gasteiger partial charge in [-0.05, 0) is 42.7 Å². The average molecular weight is 383 g/mol. The van der Waals surface area contributed by atoms with Crippen molar-refractivity contribution in [1.82, 2.24) is 15.2 Å². The summed E-state index contributed by atoms with van der Waals surface area (Å²) >= 11 is 0. The number of methoxy groups -OCH3 is 1. The van der Waals surface area contributed by atoms with E-state index in [4.69, 9.17) is 9.47 Å². The number of piperidine rings is 1. The number of nitrogens with one attached hydrogen (secondary N) is 1. The standard InChI is InChI=1S/C21H25N3O4/c1-27-18-4-2-3-5-19(18)28-15-20(25)24-12-8-17(9-13-24)21(26)23-14-16-6-10-22-11-7-16/h2-7,10-11,17H,8-9,12-15H2,1H3,(H,23,26). The first-order valence-electron chi connectivity index (χ1n) is 9.37. The first kappa shape index (κ1) is 19.7. The van der Waals surface area contributed by atoms with Crippen molar-refractivity contribution in [2.24, 2.45) is 5.92 Å². The van der Waals surface area contributed by atoms with Gasteiger partial charge in [0.2, 0.25) is 5.91 Å². The van der Waals surface area contributed by atoms with Crippen molar-refractivity contribution >= 4 is 11.8 Å². The number of rotatable bonds is 7. The molecule has 2 amide bonds. The molecule has 2 aromatic rings. The monoisotopic (exact) mass is 383 g/mol. The van der Waals surface area contributed by atoms with Gasteiger partial charge in [0.25, 0.3) is 5.91 Å². The number of amides is 2. The van der Waals surface area contributed by atoms with Crippen molar-refractivity contribution < 1.29 is 19.1 Å². The van der Waals surface area contributed by atoms with Crippen LogP contribution in [0.3, 0.4) is 0 Å². The summed E-state index contributed by atoms with van der Waals surface area (Å²) < 4.78 is 10.8. The van der Waals surface area contributed by atoms with Crippen LogP contribution in [0.1, 0.15) is 18.4 Å². The van der Waals surface area contributed by atoms with Crippen LogP contribution in [-0.4, -0.2) is 48.5 Å². The smallest absolute Gasteiger partial charge is 0.260 e. The minimum absolute atomic E-state index is 0.0363. The van der Waals surface area contributed by atoms with E-state index >= 15 is 0 Å². The topological polar surface area (TPSA) is 80.8 Å². The van der Waals surface area contributed by atoms with Crippen molar-refractivity contribution in [1.29, 1.82) is 0 Å². The average Bonchev–Trinajstić information content (AvgIpc) is 2.76. The normalized spacial score (nSPS) is 14.4. The van der Waals surface area contributed by atoms with E-state index in [2.05, 4.69) is 10.3 Å². The molecule has 0 spiro atoms. The summed E-state index contributed by atoms with van der Waals surface area (Å²) in [5, 5.41) is 2.96. The van der Waals surface area contributed by atoms with Crippen molar-refractivity contribution in [3.05, 3.63) is 54.4 Å². The lowest BCUT2D eigenvalue weighted by Crippen LogP contribution is -2.44. The molecule has 1 aromatic heterocycles. The van der Waals surface area contributed by atoms with Crippen LogP contribution in [-0.2, 0) is 16.1 Å². The zero-order chi connectivity index (χ0) is 19.8. The Balaban J connectivity index is 1.41. The van der Waals surface area contributed by atoms with Crippen LogP contribution in [0.15, 0.2) is 48.8 Å². The van der Waals surface area contributed by atoms with E-state index in [1.807, 2.05) is 24.3 Å². The highest BCUT2D eigenvalue weighted by atomic mass is 16.5. The molecule has 1 saturated heterocycles. The van der Waals surface area contributed by atoms with E-state index in [0.717, 1.165) is 5.56 Å². The molecule has 0 radical (unpaired) electrons. The molecule has 0 unspecified atom stereocenters. The van der Waals surface area contributed by atoms with Gasteiger partial charge in [-0.15, -0.1) is 0 Å². The van der Waals surface area contributed by atoms with Gasteiger partial charge in [0, 0.05) is 37.9 Å². The summed E-state index contributed by atoms with van der Waals surface area (Å²) in [5.74, 6) is 1.03. The van der Waals surface area contributed by atoms with Gasteiger partial charge in [-0.25, -0.2) is 0 Å². The molecule has 0 saturated carbocycles. The van der Waals surface area contributed by atoms with E-state index in [-0.39, 0.29) is 24.3 Å². The Hall–Kier alpha value is -3.09. The van der Waals surface area contributed by atoms with Gasteiger partial charge in [-0.2, -0.15) is 0 Å². The van der Waals surface area contributed by atoms with Gasteiger partial charge in [0.1, 0.15) is 0 Å². The number of nitrogens with zero attached hydrogens (tertiary/aromatic N) is 2. The molecule has 148 valence electrons. The predicted octanol–water partition coefficient (Wildman–Crippen LogP) is 2.02. The second-order valence-electron chi connectivity index (χ2n) is 6.67. The Labute approximate surface area is 164 Å². The van der Waals surface area contributed by atoms with Gasteiger partial charge in [0.15, 0.2) is 18.1 Å². The number of ether oxygens (including phenoxy) is 2. The van der Waals surface area contributed by atoms with E-state index in [0.29, 0.717) is 44.0 Å². The fourth-order valence-electron chi connectivity index (χ4n) is 3.19. The molecule has 0 atom stereocenters. The van der Waals surface area contributed by atoms with Crippen LogP contribution in [0, 0.1) is 5.92 Å². The largest absolute Gasteiger partial charge is 0.493 e. The first-order chi connectivity index (χ1) is 13.7. The van der Waals surface area contributed by atoms with Crippen molar-refractivity contribution in [3.8, 4) is 11.5 Å². The minimum atomic E-state index is -0.0819. The van der Waals surface area contributed by atoms with Crippen LogP contribution < -0.4 is 14.8 Å². The lowest BCUT2D eigenvalue weighted by Gasteiger charge is -2.31. The Kier molecular flexibility index (Phi) is 6.84. The molecule has 1 aliphatic rings. The zero-order valence-corrected chi connectivity index (χ0v) is 16.0. The maximum atomic E-state index is 12.4. The number of hydrogen-bond acceptors (Lipinski definition) is 5. The highest BCUT2D eigenvalue weighted by Crippen LogP contribution is 2.26. The molecular formula is C21H25N3O4. The third-order valence-electron chi connectivity index (χ3n) is 4.85. The Bertz CT molecular complexity index is 789. The Morgan fingerprint density at radius 2 is 1.79 bits per heavy atom. The van der Waals surface area contributed by atoms with Crippen molar-refractivity contribution in [2.75, 3.05) is 26.8 Å². The highest BCUT2D eigenvalue weighted by molar-refractivity contribution is 5.80. The van der Waals surface area contributed by atoms with Gasteiger partial charge < -0.3 is 19.7 Å². The number of likely N-dealkylation sites (tertiary alicyclic amines) is 1. The molecule has 1 aliphatic heterocycles. The predicted molar refractivity (Wildman–Crippen MR) is 104 cm³/mol. The Morgan fingerprint density at radius 1 is 1.11 bits per heavy atom. The first-order valence-corrected chi connectivity index (χ1v) is 9.37. The van der Waals surface area contributed by atoms with Crippen LogP contribution in [0.5, 0.6) is 11.5 Å². The zero-order valence-electron chi connectivity index (χ0n) is 16.0. The Morgan fingerprint density at radius 3 is 2.46 bits per heavy atom. The summed E-state index contributed by atoms with van der Waals surface area (Å²) in [7, 11) is 1.56. The third-order valence-corrected chi connectivity index (χ3v) is 4.85. The third kappa shape index (κ3) is 5.22. The molecule has 3 rings (SSSR count). The van der Waals surface area contributed by atoms with E-state index in [1.165, 1.54) is 0 Å². The van der Waals surface area contributed by atoms with Crippen LogP contribution >= 0.6 is 0 Å².